The van der Waals surface area contributed by atoms with Gasteiger partial charge in [-0.05, 0) is 51.4 Å². The standard InChI is InChI=1S/C63H118O17P2/c1-5-9-13-17-21-25-27-28-29-30-32-34-38-42-46-50-63(68)80-59(54-74-61(66)48-44-40-37-33-31-26-22-18-14-10-6-2)56-78-82(71,72)76-52-57(64)51-75-81(69,70)77-55-58(79-62(67)49-45-41-36-24-20-16-12-8-4)53-73-60(65)47-43-39-35-23-19-15-11-7-3/h25,27-29,57-59,64H,5-24,26,30-56H2,1-4H3,(H,69,70)(H,71,72)/b27-25-,29-28-/t57-,58+,59+/m0/s1. The zero-order chi connectivity index (χ0) is 60.5. The summed E-state index contributed by atoms with van der Waals surface area (Å²) >= 11 is 0. The van der Waals surface area contributed by atoms with Crippen molar-refractivity contribution in [3.8, 4) is 0 Å². The summed E-state index contributed by atoms with van der Waals surface area (Å²) in [6.07, 6.45) is 45.3. The van der Waals surface area contributed by atoms with Crippen LogP contribution in [0.2, 0.25) is 0 Å². The van der Waals surface area contributed by atoms with Gasteiger partial charge in [0.05, 0.1) is 26.4 Å². The first-order chi connectivity index (χ1) is 39.7. The summed E-state index contributed by atoms with van der Waals surface area (Å²) in [6.45, 7) is 4.76. The smallest absolute Gasteiger partial charge is 0.462 e. The quantitative estimate of drug-likeness (QED) is 0.0169. The van der Waals surface area contributed by atoms with Crippen LogP contribution in [0.1, 0.15) is 297 Å². The van der Waals surface area contributed by atoms with E-state index >= 15 is 0 Å². The Morgan fingerprint density at radius 3 is 0.890 bits per heavy atom. The lowest BCUT2D eigenvalue weighted by Crippen LogP contribution is -2.30. The Morgan fingerprint density at radius 1 is 0.341 bits per heavy atom. The Labute approximate surface area is 497 Å². The molecule has 0 rings (SSSR count). The molecule has 0 bridgehead atoms. The second-order valence-corrected chi connectivity index (χ2v) is 25.0. The molecule has 0 aliphatic rings. The molecule has 0 heterocycles. The first kappa shape index (κ1) is 79.5. The van der Waals surface area contributed by atoms with E-state index in [0.717, 1.165) is 116 Å². The van der Waals surface area contributed by atoms with Gasteiger partial charge in [0.2, 0.25) is 0 Å². The second-order valence-electron chi connectivity index (χ2n) is 22.1. The van der Waals surface area contributed by atoms with Gasteiger partial charge in [-0.15, -0.1) is 0 Å². The Balaban J connectivity index is 5.24. The number of unbranched alkanes of at least 4 members (excludes halogenated alkanes) is 33. The van der Waals surface area contributed by atoms with E-state index in [0.29, 0.717) is 25.7 Å². The van der Waals surface area contributed by atoms with Crippen LogP contribution in [0, 0.1) is 0 Å². The van der Waals surface area contributed by atoms with Crippen LogP contribution in [0.25, 0.3) is 0 Å². The van der Waals surface area contributed by atoms with E-state index in [1.54, 1.807) is 0 Å². The molecule has 0 aromatic rings. The van der Waals surface area contributed by atoms with Crippen molar-refractivity contribution in [3.05, 3.63) is 24.3 Å². The number of phosphoric ester groups is 2. The third kappa shape index (κ3) is 56.7. The van der Waals surface area contributed by atoms with Gasteiger partial charge in [-0.3, -0.25) is 37.3 Å². The molecule has 2 unspecified atom stereocenters. The topological polar surface area (TPSA) is 237 Å². The molecule has 0 spiro atoms. The molecule has 5 atom stereocenters. The lowest BCUT2D eigenvalue weighted by molar-refractivity contribution is -0.161. The van der Waals surface area contributed by atoms with Crippen LogP contribution >= 0.6 is 15.6 Å². The summed E-state index contributed by atoms with van der Waals surface area (Å²) in [5.74, 6) is -2.17. The molecule has 3 N–H and O–H groups in total. The van der Waals surface area contributed by atoms with E-state index in [1.165, 1.54) is 103 Å². The van der Waals surface area contributed by atoms with E-state index in [2.05, 4.69) is 52.0 Å². The monoisotopic (exact) mass is 1210 g/mol. The number of carbonyl (C=O) groups excluding carboxylic acids is 4. The van der Waals surface area contributed by atoms with Crippen molar-refractivity contribution >= 4 is 39.5 Å². The lowest BCUT2D eigenvalue weighted by Gasteiger charge is -2.21. The van der Waals surface area contributed by atoms with Crippen LogP contribution in [-0.2, 0) is 65.4 Å². The van der Waals surface area contributed by atoms with Crippen molar-refractivity contribution in [2.75, 3.05) is 39.6 Å². The lowest BCUT2D eigenvalue weighted by atomic mass is 10.1. The summed E-state index contributed by atoms with van der Waals surface area (Å²) in [5.41, 5.74) is 0. The zero-order valence-corrected chi connectivity index (χ0v) is 53.7. The molecule has 0 aromatic heterocycles. The third-order valence-electron chi connectivity index (χ3n) is 14.0. The van der Waals surface area contributed by atoms with E-state index in [1.807, 2.05) is 0 Å². The molecule has 0 amide bonds. The van der Waals surface area contributed by atoms with Gasteiger partial charge < -0.3 is 33.8 Å². The van der Waals surface area contributed by atoms with Gasteiger partial charge in [0.15, 0.2) is 12.2 Å². The van der Waals surface area contributed by atoms with E-state index < -0.39 is 97.5 Å². The highest BCUT2D eigenvalue weighted by molar-refractivity contribution is 7.47. The van der Waals surface area contributed by atoms with Crippen molar-refractivity contribution in [2.24, 2.45) is 0 Å². The molecular formula is C63H118O17P2. The molecule has 82 heavy (non-hydrogen) atoms. The number of carbonyl (C=O) groups is 4. The molecular weight excluding hydrogens is 1090 g/mol. The average Bonchev–Trinajstić information content (AvgIpc) is 3.47. The molecule has 482 valence electrons. The van der Waals surface area contributed by atoms with Gasteiger partial charge in [-0.2, -0.15) is 0 Å². The molecule has 0 radical (unpaired) electrons. The van der Waals surface area contributed by atoms with Gasteiger partial charge in [-0.1, -0.05) is 245 Å². The molecule has 0 saturated heterocycles. The molecule has 0 aliphatic carbocycles. The third-order valence-corrected chi connectivity index (χ3v) is 15.9. The minimum atomic E-state index is -4.95. The molecule has 19 heteroatoms. The maximum Gasteiger partial charge on any atom is 0.472 e. The number of aliphatic hydroxyl groups is 1. The Kier molecular flexibility index (Phi) is 55.9. The van der Waals surface area contributed by atoms with Crippen LogP contribution in [0.3, 0.4) is 0 Å². The molecule has 0 saturated carbocycles. The second kappa shape index (κ2) is 57.6. The fraction of sp³-hybridized carbons (Fsp3) is 0.873. The fourth-order valence-corrected chi connectivity index (χ4v) is 10.5. The molecule has 0 aliphatic heterocycles. The minimum Gasteiger partial charge on any atom is -0.462 e. The van der Waals surface area contributed by atoms with Gasteiger partial charge >= 0.3 is 39.5 Å². The number of hydrogen-bond donors (Lipinski definition) is 3. The number of ether oxygens (including phenoxy) is 4. The Bertz CT molecular complexity index is 1680. The van der Waals surface area contributed by atoms with E-state index in [-0.39, 0.29) is 25.7 Å². The first-order valence-electron chi connectivity index (χ1n) is 32.6. The van der Waals surface area contributed by atoms with Crippen LogP contribution in [0.15, 0.2) is 24.3 Å². The van der Waals surface area contributed by atoms with E-state index in [9.17, 15) is 43.2 Å². The number of esters is 4. The fourth-order valence-electron chi connectivity index (χ4n) is 8.92. The zero-order valence-electron chi connectivity index (χ0n) is 51.9. The van der Waals surface area contributed by atoms with Crippen LogP contribution < -0.4 is 0 Å². The summed E-state index contributed by atoms with van der Waals surface area (Å²) in [7, 11) is -9.89. The highest BCUT2D eigenvalue weighted by Crippen LogP contribution is 2.45. The normalized spacial score (nSPS) is 14.4. The van der Waals surface area contributed by atoms with Crippen molar-refractivity contribution in [3.63, 3.8) is 0 Å². The summed E-state index contributed by atoms with van der Waals surface area (Å²) in [5, 5.41) is 10.5. The van der Waals surface area contributed by atoms with Crippen molar-refractivity contribution in [1.82, 2.24) is 0 Å². The largest absolute Gasteiger partial charge is 0.472 e. The van der Waals surface area contributed by atoms with Gasteiger partial charge in [0.1, 0.15) is 19.3 Å². The SMILES string of the molecule is CCCCCC/C=C\C=C/CCCCCCCC(=O)O[C@H](COC(=O)CCCCCCCCCCCCC)COP(=O)(O)OC[C@@H](O)COP(=O)(O)OC[C@@H](COC(=O)CCCCCCCCCC)OC(=O)CCCCCCCCCC. The average molecular weight is 1210 g/mol. The van der Waals surface area contributed by atoms with Gasteiger partial charge in [-0.25, -0.2) is 9.13 Å². The van der Waals surface area contributed by atoms with Crippen LogP contribution in [0.5, 0.6) is 0 Å². The highest BCUT2D eigenvalue weighted by Gasteiger charge is 2.30. The Morgan fingerprint density at radius 2 is 0.585 bits per heavy atom. The molecule has 17 nitrogen and oxygen atoms in total. The number of hydrogen-bond acceptors (Lipinski definition) is 15. The van der Waals surface area contributed by atoms with Crippen LogP contribution in [0.4, 0.5) is 0 Å². The van der Waals surface area contributed by atoms with Crippen LogP contribution in [-0.4, -0.2) is 96.7 Å². The van der Waals surface area contributed by atoms with Crippen molar-refractivity contribution in [1.29, 1.82) is 0 Å². The summed E-state index contributed by atoms with van der Waals surface area (Å²) in [6, 6.07) is 0. The van der Waals surface area contributed by atoms with E-state index in [4.69, 9.17) is 37.0 Å². The first-order valence-corrected chi connectivity index (χ1v) is 35.6. The maximum absolute atomic E-state index is 13.0. The number of rotatable bonds is 62. The molecule has 0 aromatic carbocycles. The minimum absolute atomic E-state index is 0.0854. The predicted molar refractivity (Wildman–Crippen MR) is 326 cm³/mol. The number of phosphoric acid groups is 2. The van der Waals surface area contributed by atoms with Gasteiger partial charge in [0, 0.05) is 25.7 Å². The maximum atomic E-state index is 13.0. The van der Waals surface area contributed by atoms with Crippen molar-refractivity contribution < 1.29 is 80.2 Å². The summed E-state index contributed by atoms with van der Waals surface area (Å²) in [4.78, 5) is 72.0. The van der Waals surface area contributed by atoms with Crippen molar-refractivity contribution in [2.45, 2.75) is 316 Å². The predicted octanol–water partition coefficient (Wildman–Crippen LogP) is 17.1. The number of allylic oxidation sites excluding steroid dienone is 4. The molecule has 0 fully saturated rings. The number of aliphatic hydroxyl groups excluding tert-OH is 1. The Hall–Kier alpha value is -2.46. The summed E-state index contributed by atoms with van der Waals surface area (Å²) < 4.78 is 67.8. The highest BCUT2D eigenvalue weighted by atomic mass is 31.2. The van der Waals surface area contributed by atoms with Gasteiger partial charge in [0.25, 0.3) is 0 Å².